The first kappa shape index (κ1) is 30.5. The molecule has 0 saturated heterocycles. The number of carbonyl (C=O) groups excluding carboxylic acids is 2. The summed E-state index contributed by atoms with van der Waals surface area (Å²) in [6.45, 7) is 6.78. The molecule has 0 saturated carbocycles. The number of halogens is 2. The summed E-state index contributed by atoms with van der Waals surface area (Å²) in [4.78, 5) is 28.8. The number of carbonyl (C=O) groups is 2. The van der Waals surface area contributed by atoms with Crippen LogP contribution >= 0.6 is 23.2 Å². The Morgan fingerprint density at radius 1 is 0.872 bits per heavy atom. The third-order valence-electron chi connectivity index (χ3n) is 5.91. The van der Waals surface area contributed by atoms with Crippen LogP contribution in [0.2, 0.25) is 10.0 Å². The van der Waals surface area contributed by atoms with Crippen LogP contribution in [0.1, 0.15) is 39.7 Å². The summed E-state index contributed by atoms with van der Waals surface area (Å²) >= 11 is 12.8. The van der Waals surface area contributed by atoms with E-state index in [2.05, 4.69) is 5.32 Å². The second-order valence-electron chi connectivity index (χ2n) is 10.1. The van der Waals surface area contributed by atoms with Crippen molar-refractivity contribution in [3.8, 4) is 0 Å². The summed E-state index contributed by atoms with van der Waals surface area (Å²) in [7, 11) is -4.19. The molecule has 0 radical (unpaired) electrons. The highest BCUT2D eigenvalue weighted by atomic mass is 35.5. The monoisotopic (exact) mass is 589 g/mol. The molecule has 10 heteroatoms. The van der Waals surface area contributed by atoms with E-state index >= 15 is 0 Å². The van der Waals surface area contributed by atoms with Crippen LogP contribution in [0.3, 0.4) is 0 Å². The van der Waals surface area contributed by atoms with Gasteiger partial charge < -0.3 is 10.2 Å². The van der Waals surface area contributed by atoms with Crippen LogP contribution in [0, 0.1) is 0 Å². The van der Waals surface area contributed by atoms with Crippen LogP contribution < -0.4 is 9.62 Å². The van der Waals surface area contributed by atoms with E-state index in [1.807, 2.05) is 20.8 Å². The van der Waals surface area contributed by atoms with Gasteiger partial charge in [-0.05, 0) is 63.1 Å². The number of sulfonamides is 1. The van der Waals surface area contributed by atoms with E-state index in [4.69, 9.17) is 23.2 Å². The average molecular weight is 591 g/mol. The second-order valence-corrected chi connectivity index (χ2v) is 12.7. The van der Waals surface area contributed by atoms with Gasteiger partial charge >= 0.3 is 0 Å². The summed E-state index contributed by atoms with van der Waals surface area (Å²) < 4.78 is 28.6. The fourth-order valence-corrected chi connectivity index (χ4v) is 6.01. The zero-order valence-corrected chi connectivity index (χ0v) is 24.7. The first-order valence-electron chi connectivity index (χ1n) is 12.5. The maximum absolute atomic E-state index is 14.1. The molecule has 0 aliphatic rings. The Hall–Kier alpha value is -3.07. The first-order valence-corrected chi connectivity index (χ1v) is 14.7. The van der Waals surface area contributed by atoms with Crippen molar-refractivity contribution in [1.29, 1.82) is 0 Å². The molecule has 0 aromatic heterocycles. The lowest BCUT2D eigenvalue weighted by Gasteiger charge is -2.35. The zero-order valence-electron chi connectivity index (χ0n) is 22.4. The van der Waals surface area contributed by atoms with Gasteiger partial charge in [0.15, 0.2) is 0 Å². The molecule has 0 bridgehead atoms. The Morgan fingerprint density at radius 2 is 1.44 bits per heavy atom. The van der Waals surface area contributed by atoms with Crippen molar-refractivity contribution < 1.29 is 18.0 Å². The van der Waals surface area contributed by atoms with Gasteiger partial charge in [0, 0.05) is 17.1 Å². The smallest absolute Gasteiger partial charge is 0.264 e. The molecule has 208 valence electrons. The van der Waals surface area contributed by atoms with Gasteiger partial charge in [-0.3, -0.25) is 13.9 Å². The van der Waals surface area contributed by atoms with Crippen molar-refractivity contribution in [1.82, 2.24) is 10.2 Å². The molecule has 0 fully saturated rings. The molecule has 3 rings (SSSR count). The molecule has 0 spiro atoms. The summed E-state index contributed by atoms with van der Waals surface area (Å²) in [6, 6.07) is 20.4. The minimum absolute atomic E-state index is 0.00731. The summed E-state index contributed by atoms with van der Waals surface area (Å²) in [5, 5.41) is 3.54. The Bertz CT molecular complexity index is 1410. The highest BCUT2D eigenvalue weighted by molar-refractivity contribution is 7.92. The van der Waals surface area contributed by atoms with Gasteiger partial charge in [0.05, 0.1) is 15.6 Å². The van der Waals surface area contributed by atoms with Crippen molar-refractivity contribution in [2.75, 3.05) is 10.8 Å². The van der Waals surface area contributed by atoms with Crippen LogP contribution in [-0.2, 0) is 26.2 Å². The number of para-hydroxylation sites is 1. The third-order valence-corrected chi connectivity index (χ3v) is 8.38. The molecule has 1 N–H and O–H groups in total. The van der Waals surface area contributed by atoms with Crippen molar-refractivity contribution >= 4 is 50.7 Å². The fourth-order valence-electron chi connectivity index (χ4n) is 4.07. The molecule has 1 atom stereocenters. The number of rotatable bonds is 10. The highest BCUT2D eigenvalue weighted by Crippen LogP contribution is 2.31. The lowest BCUT2D eigenvalue weighted by molar-refractivity contribution is -0.141. The van der Waals surface area contributed by atoms with Crippen LogP contribution in [-0.4, -0.2) is 43.3 Å². The van der Waals surface area contributed by atoms with E-state index in [1.54, 1.807) is 67.6 Å². The van der Waals surface area contributed by atoms with E-state index in [1.165, 1.54) is 23.1 Å². The predicted molar refractivity (Wildman–Crippen MR) is 156 cm³/mol. The normalized spacial score (nSPS) is 12.5. The molecular weight excluding hydrogens is 557 g/mol. The minimum Gasteiger partial charge on any atom is -0.350 e. The Labute approximate surface area is 240 Å². The molecule has 3 aromatic rings. The summed E-state index contributed by atoms with van der Waals surface area (Å²) in [5.74, 6) is -0.925. The predicted octanol–water partition coefficient (Wildman–Crippen LogP) is 5.91. The van der Waals surface area contributed by atoms with Crippen LogP contribution in [0.4, 0.5) is 5.69 Å². The molecule has 3 aromatic carbocycles. The van der Waals surface area contributed by atoms with E-state index in [0.29, 0.717) is 17.0 Å². The molecule has 39 heavy (non-hydrogen) atoms. The number of hydrogen-bond acceptors (Lipinski definition) is 4. The van der Waals surface area contributed by atoms with Gasteiger partial charge in [-0.1, -0.05) is 78.7 Å². The van der Waals surface area contributed by atoms with Crippen LogP contribution in [0.15, 0.2) is 83.8 Å². The van der Waals surface area contributed by atoms with E-state index in [-0.39, 0.29) is 28.1 Å². The number of anilines is 1. The number of amides is 2. The first-order chi connectivity index (χ1) is 18.3. The number of nitrogens with one attached hydrogen (secondary N) is 1. The van der Waals surface area contributed by atoms with Gasteiger partial charge in [-0.15, -0.1) is 0 Å². The molecule has 0 heterocycles. The van der Waals surface area contributed by atoms with Gasteiger partial charge in [-0.2, -0.15) is 0 Å². The SMILES string of the molecule is CCC(C(=O)NC(C)(C)C)N(Cc1ccccc1Cl)C(=O)CN(c1ccccc1Cl)S(=O)(=O)c1ccccc1. The largest absolute Gasteiger partial charge is 0.350 e. The number of nitrogens with zero attached hydrogens (tertiary/aromatic N) is 2. The van der Waals surface area contributed by atoms with Gasteiger partial charge in [-0.25, -0.2) is 8.42 Å². The molecular formula is C29H33Cl2N3O4S. The van der Waals surface area contributed by atoms with Gasteiger partial charge in [0.2, 0.25) is 11.8 Å². The Morgan fingerprint density at radius 3 is 2.00 bits per heavy atom. The fraction of sp³-hybridized carbons (Fsp3) is 0.310. The standard InChI is InChI=1S/C29H33Cl2N3O4S/c1-5-25(28(36)32-29(2,3)4)33(19-21-13-9-10-16-23(21)30)27(35)20-34(26-18-12-11-17-24(26)31)39(37,38)22-14-7-6-8-15-22/h6-18,25H,5,19-20H2,1-4H3,(H,32,36). The molecule has 2 amide bonds. The highest BCUT2D eigenvalue weighted by Gasteiger charge is 2.35. The van der Waals surface area contributed by atoms with Crippen LogP contribution in [0.25, 0.3) is 0 Å². The Kier molecular flexibility index (Phi) is 10.0. The van der Waals surface area contributed by atoms with Gasteiger partial charge in [0.1, 0.15) is 12.6 Å². The minimum atomic E-state index is -4.19. The summed E-state index contributed by atoms with van der Waals surface area (Å²) in [6.07, 6.45) is 0.301. The van der Waals surface area contributed by atoms with Crippen molar-refractivity contribution in [2.24, 2.45) is 0 Å². The number of hydrogen-bond donors (Lipinski definition) is 1. The molecule has 0 aliphatic heterocycles. The Balaban J connectivity index is 2.09. The average Bonchev–Trinajstić information content (AvgIpc) is 2.88. The molecule has 1 unspecified atom stereocenters. The zero-order chi connectivity index (χ0) is 28.8. The molecule has 0 aliphatic carbocycles. The van der Waals surface area contributed by atoms with Crippen LogP contribution in [0.5, 0.6) is 0 Å². The lowest BCUT2D eigenvalue weighted by Crippen LogP contribution is -2.55. The van der Waals surface area contributed by atoms with E-state index in [0.717, 1.165) is 4.31 Å². The topological polar surface area (TPSA) is 86.8 Å². The van der Waals surface area contributed by atoms with Crippen molar-refractivity contribution in [2.45, 2.75) is 57.1 Å². The maximum Gasteiger partial charge on any atom is 0.264 e. The van der Waals surface area contributed by atoms with E-state index < -0.39 is 34.1 Å². The number of benzene rings is 3. The third kappa shape index (κ3) is 7.75. The van der Waals surface area contributed by atoms with Crippen molar-refractivity contribution in [3.63, 3.8) is 0 Å². The maximum atomic E-state index is 14.1. The van der Waals surface area contributed by atoms with Gasteiger partial charge in [0.25, 0.3) is 10.0 Å². The van der Waals surface area contributed by atoms with E-state index in [9.17, 15) is 18.0 Å². The lowest BCUT2D eigenvalue weighted by atomic mass is 10.1. The van der Waals surface area contributed by atoms with Crippen molar-refractivity contribution in [3.05, 3.63) is 94.5 Å². The molecule has 7 nitrogen and oxygen atoms in total. The summed E-state index contributed by atoms with van der Waals surface area (Å²) in [5.41, 5.74) is 0.245. The second kappa shape index (κ2) is 12.9. The quantitative estimate of drug-likeness (QED) is 0.318.